The number of esters is 2. The molecule has 41 heavy (non-hydrogen) atoms. The summed E-state index contributed by atoms with van der Waals surface area (Å²) in [6, 6.07) is -0.296. The van der Waals surface area contributed by atoms with Crippen LogP contribution < -0.4 is 10.6 Å². The number of hydrogen-bond donors (Lipinski definition) is 4. The van der Waals surface area contributed by atoms with E-state index in [0.717, 1.165) is 0 Å². The number of ketones is 2. The summed E-state index contributed by atoms with van der Waals surface area (Å²) >= 11 is 0. The molecule has 0 aromatic carbocycles. The smallest absolute Gasteiger partial charge is 0.338 e. The Hall–Kier alpha value is -3.56. The molecule has 0 fully saturated rings. The first-order valence-corrected chi connectivity index (χ1v) is 14.2. The zero-order valence-corrected chi connectivity index (χ0v) is 25.9. The van der Waals surface area contributed by atoms with Crippen LogP contribution in [0.15, 0.2) is 45.2 Å². The lowest BCUT2D eigenvalue weighted by molar-refractivity contribution is -0.139. The summed E-state index contributed by atoms with van der Waals surface area (Å²) in [7, 11) is 2.47. The molecule has 0 heterocycles. The average molecular weight is 575 g/mol. The van der Waals surface area contributed by atoms with E-state index >= 15 is 0 Å². The topological polar surface area (TPSA) is 151 Å². The molecule has 10 heteroatoms. The Labute approximate surface area is 242 Å². The zero-order chi connectivity index (χ0) is 31.3. The van der Waals surface area contributed by atoms with E-state index in [4.69, 9.17) is 9.47 Å². The Bertz CT molecular complexity index is 1220. The number of ether oxygens (including phenoxy) is 2. The van der Waals surface area contributed by atoms with Gasteiger partial charge in [0.15, 0.2) is 11.6 Å². The van der Waals surface area contributed by atoms with Gasteiger partial charge in [-0.2, -0.15) is 0 Å². The van der Waals surface area contributed by atoms with Crippen molar-refractivity contribution in [2.45, 2.75) is 93.0 Å². The minimum atomic E-state index is -0.886. The Kier molecular flexibility index (Phi) is 11.0. The number of Topliss-reactive ketones (excluding diaryl/α,β-unsaturated/α-hetero) is 2. The molecular formula is C31H46N2O8. The van der Waals surface area contributed by atoms with Gasteiger partial charge in [-0.3, -0.25) is 9.59 Å². The van der Waals surface area contributed by atoms with Crippen LogP contribution in [-0.4, -0.2) is 60.5 Å². The molecule has 0 bridgehead atoms. The molecule has 0 radical (unpaired) electrons. The number of methoxy groups -OCH3 is 2. The number of nitrogens with one attached hydrogen (secondary N) is 2. The highest BCUT2D eigenvalue weighted by molar-refractivity contribution is 6.07. The first-order chi connectivity index (χ1) is 19.1. The number of carbonyl (C=O) groups is 4. The van der Waals surface area contributed by atoms with Crippen molar-refractivity contribution in [1.29, 1.82) is 0 Å². The van der Waals surface area contributed by atoms with E-state index in [1.165, 1.54) is 14.2 Å². The summed E-state index contributed by atoms with van der Waals surface area (Å²) in [4.78, 5) is 51.4. The van der Waals surface area contributed by atoms with Crippen LogP contribution in [0.3, 0.4) is 0 Å². The fourth-order valence-corrected chi connectivity index (χ4v) is 5.58. The molecule has 0 aromatic rings. The lowest BCUT2D eigenvalue weighted by Gasteiger charge is -2.33. The van der Waals surface area contributed by atoms with Crippen molar-refractivity contribution >= 4 is 23.5 Å². The second-order valence-electron chi connectivity index (χ2n) is 12.0. The molecule has 2 rings (SSSR count). The van der Waals surface area contributed by atoms with Gasteiger partial charge in [-0.25, -0.2) is 9.59 Å². The van der Waals surface area contributed by atoms with Gasteiger partial charge in [0.2, 0.25) is 0 Å². The fraction of sp³-hybridized carbons (Fsp3) is 0.613. The quantitative estimate of drug-likeness (QED) is 0.203. The Morgan fingerprint density at radius 1 is 0.805 bits per heavy atom. The Balaban J connectivity index is 2.49. The van der Waals surface area contributed by atoms with Gasteiger partial charge in [-0.1, -0.05) is 54.4 Å². The van der Waals surface area contributed by atoms with E-state index < -0.39 is 22.8 Å². The van der Waals surface area contributed by atoms with E-state index in [1.54, 1.807) is 27.7 Å². The maximum Gasteiger partial charge on any atom is 0.338 e. The zero-order valence-electron chi connectivity index (χ0n) is 25.9. The third-order valence-electron chi connectivity index (χ3n) is 7.49. The molecule has 0 saturated carbocycles. The van der Waals surface area contributed by atoms with Gasteiger partial charge < -0.3 is 30.3 Å². The van der Waals surface area contributed by atoms with Crippen LogP contribution in [0.5, 0.6) is 0 Å². The van der Waals surface area contributed by atoms with Crippen LogP contribution >= 0.6 is 0 Å². The van der Waals surface area contributed by atoms with Gasteiger partial charge in [0, 0.05) is 47.7 Å². The van der Waals surface area contributed by atoms with Crippen molar-refractivity contribution in [3.63, 3.8) is 0 Å². The van der Waals surface area contributed by atoms with Crippen molar-refractivity contribution < 1.29 is 38.9 Å². The van der Waals surface area contributed by atoms with Crippen LogP contribution in [-0.2, 0) is 28.7 Å². The highest BCUT2D eigenvalue weighted by Crippen LogP contribution is 2.43. The number of carbonyl (C=O) groups excluding carboxylic acids is 4. The monoisotopic (exact) mass is 574 g/mol. The van der Waals surface area contributed by atoms with Gasteiger partial charge in [0.05, 0.1) is 36.5 Å². The average Bonchev–Trinajstić information content (AvgIpc) is 2.85. The Morgan fingerprint density at radius 2 is 1.20 bits per heavy atom. The van der Waals surface area contributed by atoms with Crippen LogP contribution in [0.4, 0.5) is 0 Å². The van der Waals surface area contributed by atoms with Crippen molar-refractivity contribution in [2.75, 3.05) is 20.8 Å². The summed E-state index contributed by atoms with van der Waals surface area (Å²) in [5, 5.41) is 28.8. The molecule has 2 aliphatic rings. The summed E-state index contributed by atoms with van der Waals surface area (Å²) in [6.07, 6.45) is 2.34. The maximum absolute atomic E-state index is 13.2. The molecule has 0 aromatic heterocycles. The molecule has 0 spiro atoms. The number of aliphatic hydroxyl groups excluding tert-OH is 2. The minimum Gasteiger partial charge on any atom is -0.507 e. The predicted octanol–water partition coefficient (Wildman–Crippen LogP) is 4.63. The SMILES string of the molecule is CCC/C(NC[C@@H](C)N/C(CCC)=C1/C(=O)CC(C)(C)C(C(=O)OC)=C1O)=C1\C(=O)CC(C)(C)C(C(=O)OC)=C1O. The van der Waals surface area contributed by atoms with Crippen LogP contribution in [0.1, 0.15) is 87.0 Å². The lowest BCUT2D eigenvalue weighted by Crippen LogP contribution is -2.40. The summed E-state index contributed by atoms with van der Waals surface area (Å²) in [5.74, 6) is -2.65. The molecular weight excluding hydrogens is 528 g/mol. The second-order valence-corrected chi connectivity index (χ2v) is 12.0. The molecule has 0 amide bonds. The molecule has 1 atom stereocenters. The van der Waals surface area contributed by atoms with Crippen molar-refractivity contribution in [3.8, 4) is 0 Å². The Morgan fingerprint density at radius 3 is 1.59 bits per heavy atom. The number of rotatable bonds is 11. The van der Waals surface area contributed by atoms with Gasteiger partial charge in [0.1, 0.15) is 11.5 Å². The highest BCUT2D eigenvalue weighted by atomic mass is 16.5. The van der Waals surface area contributed by atoms with Crippen LogP contribution in [0, 0.1) is 10.8 Å². The normalized spacial score (nSPS) is 21.8. The molecule has 0 unspecified atom stereocenters. The van der Waals surface area contributed by atoms with Crippen molar-refractivity contribution in [2.24, 2.45) is 10.8 Å². The van der Waals surface area contributed by atoms with Gasteiger partial charge in [-0.05, 0) is 19.8 Å². The minimum absolute atomic E-state index is 0.0394. The third kappa shape index (κ3) is 7.21. The van der Waals surface area contributed by atoms with Crippen LogP contribution in [0.25, 0.3) is 0 Å². The lowest BCUT2D eigenvalue weighted by atomic mass is 9.72. The summed E-state index contributed by atoms with van der Waals surface area (Å²) < 4.78 is 9.79. The molecule has 4 N–H and O–H groups in total. The molecule has 0 aliphatic heterocycles. The number of allylic oxidation sites excluding steroid dienone is 4. The van der Waals surface area contributed by atoms with E-state index in [2.05, 4.69) is 10.6 Å². The predicted molar refractivity (Wildman–Crippen MR) is 155 cm³/mol. The molecule has 2 aliphatic carbocycles. The first-order valence-electron chi connectivity index (χ1n) is 14.2. The fourth-order valence-electron chi connectivity index (χ4n) is 5.58. The van der Waals surface area contributed by atoms with E-state index in [1.807, 2.05) is 20.8 Å². The summed E-state index contributed by atoms with van der Waals surface area (Å²) in [5.41, 5.74) is -0.457. The largest absolute Gasteiger partial charge is 0.507 e. The third-order valence-corrected chi connectivity index (χ3v) is 7.49. The van der Waals surface area contributed by atoms with E-state index in [-0.39, 0.29) is 64.3 Å². The van der Waals surface area contributed by atoms with E-state index in [0.29, 0.717) is 43.6 Å². The van der Waals surface area contributed by atoms with Crippen molar-refractivity contribution in [1.82, 2.24) is 10.6 Å². The molecule has 10 nitrogen and oxygen atoms in total. The van der Waals surface area contributed by atoms with Crippen molar-refractivity contribution in [3.05, 3.63) is 45.2 Å². The first kappa shape index (κ1) is 33.6. The van der Waals surface area contributed by atoms with Crippen LogP contribution in [0.2, 0.25) is 0 Å². The van der Waals surface area contributed by atoms with E-state index in [9.17, 15) is 29.4 Å². The summed E-state index contributed by atoms with van der Waals surface area (Å²) in [6.45, 7) is 12.9. The number of aliphatic hydroxyl groups is 2. The van der Waals surface area contributed by atoms with Gasteiger partial charge in [-0.15, -0.1) is 0 Å². The second kappa shape index (κ2) is 13.4. The maximum atomic E-state index is 13.2. The standard InChI is InChI=1S/C31H46N2O8/c1-10-12-18(22-20(34)14-30(4,5)24(26(22)36)28(38)40-8)32-16-17(3)33-19(13-11-2)23-21(35)15-31(6,7)25(27(23)37)29(39)41-9/h17,32-33,36-37H,10-16H2,1-9H3/b22-18-,23-19-/t17-/m1/s1. The number of hydrogen-bond acceptors (Lipinski definition) is 10. The molecule has 0 saturated heterocycles. The van der Waals surface area contributed by atoms with Gasteiger partial charge >= 0.3 is 11.9 Å². The van der Waals surface area contributed by atoms with Gasteiger partial charge in [0.25, 0.3) is 0 Å². The highest BCUT2D eigenvalue weighted by Gasteiger charge is 2.44. The molecule has 228 valence electrons.